The highest BCUT2D eigenvalue weighted by atomic mass is 35.5. The normalized spacial score (nSPS) is 14.1. The highest BCUT2D eigenvalue weighted by Crippen LogP contribution is 2.33. The lowest BCUT2D eigenvalue weighted by atomic mass is 10.2. The van der Waals surface area contributed by atoms with Crippen LogP contribution in [0.1, 0.15) is 5.69 Å². The summed E-state index contributed by atoms with van der Waals surface area (Å²) in [4.78, 5) is 29.4. The number of rotatable bonds is 5. The Morgan fingerprint density at radius 2 is 1.86 bits per heavy atom. The first kappa shape index (κ1) is 19.9. The topological polar surface area (TPSA) is 74.2 Å². The maximum Gasteiger partial charge on any atom is 0.228 e. The van der Waals surface area contributed by atoms with E-state index in [0.29, 0.717) is 47.3 Å². The summed E-state index contributed by atoms with van der Waals surface area (Å²) < 4.78 is 0. The molecule has 0 atom stereocenters. The highest BCUT2D eigenvalue weighted by Gasteiger charge is 2.23. The number of hydrogen-bond donors (Lipinski definition) is 1. The van der Waals surface area contributed by atoms with Gasteiger partial charge in [-0.2, -0.15) is 0 Å². The highest BCUT2D eigenvalue weighted by molar-refractivity contribution is 7.13. The minimum atomic E-state index is 0.0645. The van der Waals surface area contributed by atoms with Crippen LogP contribution in [0.25, 0.3) is 0 Å². The second-order valence-corrected chi connectivity index (χ2v) is 8.10. The molecule has 0 saturated carbocycles. The van der Waals surface area contributed by atoms with Gasteiger partial charge in [0.15, 0.2) is 5.13 Å². The molecule has 2 aromatic heterocycles. The molecule has 29 heavy (non-hydrogen) atoms. The van der Waals surface area contributed by atoms with Gasteiger partial charge >= 0.3 is 0 Å². The van der Waals surface area contributed by atoms with Gasteiger partial charge in [-0.1, -0.05) is 29.3 Å². The molecule has 1 aliphatic heterocycles. The van der Waals surface area contributed by atoms with E-state index in [1.54, 1.807) is 24.5 Å². The Balaban J connectivity index is 1.32. The molecule has 1 N–H and O–H groups in total. The van der Waals surface area contributed by atoms with Crippen LogP contribution in [-0.2, 0) is 11.2 Å². The zero-order valence-corrected chi connectivity index (χ0v) is 17.7. The molecule has 0 radical (unpaired) electrons. The van der Waals surface area contributed by atoms with Gasteiger partial charge in [0.2, 0.25) is 11.9 Å². The van der Waals surface area contributed by atoms with Gasteiger partial charge in [0.1, 0.15) is 0 Å². The van der Waals surface area contributed by atoms with Crippen LogP contribution in [0.2, 0.25) is 10.0 Å². The summed E-state index contributed by atoms with van der Waals surface area (Å²) in [6.45, 7) is 2.69. The third-order valence-electron chi connectivity index (χ3n) is 4.57. The molecule has 0 bridgehead atoms. The zero-order valence-electron chi connectivity index (χ0n) is 15.4. The Labute approximate surface area is 182 Å². The Hall–Kier alpha value is -2.42. The lowest BCUT2D eigenvalue weighted by molar-refractivity contribution is -0.130. The van der Waals surface area contributed by atoms with Crippen LogP contribution in [0.15, 0.2) is 42.0 Å². The molecule has 7 nitrogen and oxygen atoms in total. The molecule has 1 aromatic carbocycles. The van der Waals surface area contributed by atoms with Crippen molar-refractivity contribution in [1.29, 1.82) is 0 Å². The Bertz CT molecular complexity index is 991. The van der Waals surface area contributed by atoms with Crippen LogP contribution < -0.4 is 10.2 Å². The number of anilines is 3. The molecule has 1 aliphatic rings. The predicted octanol–water partition coefficient (Wildman–Crippen LogP) is 3.87. The summed E-state index contributed by atoms with van der Waals surface area (Å²) in [5.41, 5.74) is 1.64. The summed E-state index contributed by atoms with van der Waals surface area (Å²) >= 11 is 13.9. The number of carbonyl (C=O) groups excluding carboxylic acids is 1. The summed E-state index contributed by atoms with van der Waals surface area (Å²) in [7, 11) is 0. The van der Waals surface area contributed by atoms with E-state index in [1.807, 2.05) is 22.4 Å². The molecule has 0 spiro atoms. The number of aromatic nitrogens is 3. The molecular weight excluding hydrogens is 431 g/mol. The maximum atomic E-state index is 12.7. The van der Waals surface area contributed by atoms with Gasteiger partial charge in [0, 0.05) is 44.0 Å². The Morgan fingerprint density at radius 1 is 1.10 bits per heavy atom. The first-order chi connectivity index (χ1) is 14.1. The number of thiazole rings is 1. The molecule has 10 heteroatoms. The third kappa shape index (κ3) is 4.77. The van der Waals surface area contributed by atoms with Crippen molar-refractivity contribution in [1.82, 2.24) is 19.9 Å². The van der Waals surface area contributed by atoms with E-state index >= 15 is 0 Å². The number of nitrogens with one attached hydrogen (secondary N) is 1. The average Bonchev–Trinajstić information content (AvgIpc) is 3.17. The van der Waals surface area contributed by atoms with Crippen molar-refractivity contribution in [2.24, 2.45) is 0 Å². The minimum Gasteiger partial charge on any atom is -0.367 e. The van der Waals surface area contributed by atoms with Gasteiger partial charge < -0.3 is 15.1 Å². The van der Waals surface area contributed by atoms with Gasteiger partial charge in [0.05, 0.1) is 27.8 Å². The van der Waals surface area contributed by atoms with Crippen LogP contribution in [0.5, 0.6) is 0 Å². The monoisotopic (exact) mass is 448 g/mol. The van der Waals surface area contributed by atoms with Gasteiger partial charge in [-0.25, -0.2) is 15.0 Å². The molecule has 0 aliphatic carbocycles. The van der Waals surface area contributed by atoms with E-state index in [1.165, 1.54) is 11.3 Å². The summed E-state index contributed by atoms with van der Waals surface area (Å²) in [5, 5.41) is 6.68. The quantitative estimate of drug-likeness (QED) is 0.638. The standard InChI is InChI=1S/C19H18Cl2N6OS/c20-14-3-1-4-15(17(14)21)26-7-9-27(10-8-26)16(28)11-13-12-29-19(24-13)25-18-22-5-2-6-23-18/h1-6,12H,7-11H2,(H,22,23,24,25). The Morgan fingerprint density at radius 3 is 2.62 bits per heavy atom. The summed E-state index contributed by atoms with van der Waals surface area (Å²) in [5.74, 6) is 0.546. The zero-order chi connectivity index (χ0) is 20.2. The van der Waals surface area contributed by atoms with E-state index in [2.05, 4.69) is 25.2 Å². The van der Waals surface area contributed by atoms with Crippen LogP contribution in [0, 0.1) is 0 Å². The van der Waals surface area contributed by atoms with Crippen molar-refractivity contribution >= 4 is 57.2 Å². The fourth-order valence-corrected chi connectivity index (χ4v) is 4.22. The van der Waals surface area contributed by atoms with Crippen LogP contribution in [0.4, 0.5) is 16.8 Å². The number of benzene rings is 1. The first-order valence-corrected chi connectivity index (χ1v) is 10.7. The molecule has 1 fully saturated rings. The molecule has 4 rings (SSSR count). The second-order valence-electron chi connectivity index (χ2n) is 6.46. The van der Waals surface area contributed by atoms with Gasteiger partial charge in [-0.15, -0.1) is 11.3 Å². The van der Waals surface area contributed by atoms with E-state index in [9.17, 15) is 4.79 Å². The number of amides is 1. The lowest BCUT2D eigenvalue weighted by Gasteiger charge is -2.36. The smallest absolute Gasteiger partial charge is 0.228 e. The molecule has 3 aromatic rings. The largest absolute Gasteiger partial charge is 0.367 e. The number of hydrogen-bond acceptors (Lipinski definition) is 7. The number of piperazine rings is 1. The summed E-state index contributed by atoms with van der Waals surface area (Å²) in [6, 6.07) is 7.35. The molecule has 3 heterocycles. The third-order valence-corrected chi connectivity index (χ3v) is 6.19. The lowest BCUT2D eigenvalue weighted by Crippen LogP contribution is -2.49. The fourth-order valence-electron chi connectivity index (χ4n) is 3.11. The predicted molar refractivity (Wildman–Crippen MR) is 116 cm³/mol. The molecule has 0 unspecified atom stereocenters. The molecule has 150 valence electrons. The van der Waals surface area contributed by atoms with E-state index in [4.69, 9.17) is 23.2 Å². The van der Waals surface area contributed by atoms with Gasteiger partial charge in [0.25, 0.3) is 0 Å². The average molecular weight is 449 g/mol. The van der Waals surface area contributed by atoms with Crippen molar-refractivity contribution in [2.75, 3.05) is 36.4 Å². The Kier molecular flexibility index (Phi) is 6.13. The van der Waals surface area contributed by atoms with Gasteiger partial charge in [-0.3, -0.25) is 4.79 Å². The summed E-state index contributed by atoms with van der Waals surface area (Å²) in [6.07, 6.45) is 3.58. The van der Waals surface area contributed by atoms with Crippen molar-refractivity contribution in [3.8, 4) is 0 Å². The van der Waals surface area contributed by atoms with E-state index in [0.717, 1.165) is 11.4 Å². The number of nitrogens with zero attached hydrogens (tertiary/aromatic N) is 5. The van der Waals surface area contributed by atoms with Crippen molar-refractivity contribution in [3.63, 3.8) is 0 Å². The van der Waals surface area contributed by atoms with Crippen LogP contribution in [-0.4, -0.2) is 51.9 Å². The number of halogens is 2. The fraction of sp³-hybridized carbons (Fsp3) is 0.263. The van der Waals surface area contributed by atoms with E-state index in [-0.39, 0.29) is 12.3 Å². The molecule has 1 amide bonds. The molecular formula is C19H18Cl2N6OS. The van der Waals surface area contributed by atoms with Crippen LogP contribution in [0.3, 0.4) is 0 Å². The maximum absolute atomic E-state index is 12.7. The van der Waals surface area contributed by atoms with Crippen molar-refractivity contribution in [2.45, 2.75) is 6.42 Å². The first-order valence-electron chi connectivity index (χ1n) is 9.05. The minimum absolute atomic E-state index is 0.0645. The van der Waals surface area contributed by atoms with Crippen molar-refractivity contribution in [3.05, 3.63) is 57.8 Å². The van der Waals surface area contributed by atoms with Crippen molar-refractivity contribution < 1.29 is 4.79 Å². The molecule has 1 saturated heterocycles. The van der Waals surface area contributed by atoms with Crippen LogP contribution >= 0.6 is 34.5 Å². The number of carbonyl (C=O) groups is 1. The van der Waals surface area contributed by atoms with Gasteiger partial charge in [-0.05, 0) is 18.2 Å². The SMILES string of the molecule is O=C(Cc1csc(Nc2ncccn2)n1)N1CCN(c2cccc(Cl)c2Cl)CC1. The second kappa shape index (κ2) is 8.94. The van der Waals surface area contributed by atoms with E-state index < -0.39 is 0 Å².